The van der Waals surface area contributed by atoms with Gasteiger partial charge in [-0.25, -0.2) is 37.5 Å². The van der Waals surface area contributed by atoms with Crippen LogP contribution in [0.5, 0.6) is 0 Å². The highest BCUT2D eigenvalue weighted by molar-refractivity contribution is 6.62. The first-order chi connectivity index (χ1) is 61.6. The second-order valence-corrected chi connectivity index (χ2v) is 30.9. The van der Waals surface area contributed by atoms with E-state index in [4.69, 9.17) is 83.2 Å². The standard InChI is InChI=1S/C25H24FN5O2.C20H16FN5O.C16H27BN2O4.C15H9ClFN3.C11H9BFNO2.C4H2Cl2N2/c26-21-6-2-1-5-20(21)22-13-18(8-9-28-22)23-15-27-16-24(30-23)19-14-29-31(17-19)10-12-33-25-7-3-4-11-32-25;21-17-4-2-1-3-16(17)18-9-14(5-6-23-18)19-11-22-12-20(25-19)15-10-24-26(13-15)7-8-27;1-15(2)16(3,4)23-17(22-15)13-11-18-19(12-13)8-10-21-14-7-5-6-9-20-14;16-15-9-18-8-14(20-15)10-5-6-19-13(7-10)11-3-1-2-4-12(11)17;13-10-4-2-1-3-9(10)11-7-8(12(15)16)5-6-14-11;5-3-1-7-2-4(6)8-3/h1-2,5-6,8-9,13-17,25H,3-4,7,10-12H2;1-6,9-13,27H,7-8H2;11-12,14H,5-10H2,1-4H3;1-9H;1-7,15-16H;1-2H. The molecule has 0 spiro atoms. The fraction of sp³-hybridized carbons (Fsp3) is 0.242. The van der Waals surface area contributed by atoms with Gasteiger partial charge in [-0.15, -0.1) is 0 Å². The molecule has 127 heavy (non-hydrogen) atoms. The molecule has 3 saturated heterocycles. The van der Waals surface area contributed by atoms with Crippen molar-refractivity contribution in [2.24, 2.45) is 0 Å². The molecule has 3 fully saturated rings. The van der Waals surface area contributed by atoms with E-state index in [0.29, 0.717) is 122 Å². The van der Waals surface area contributed by atoms with E-state index in [0.717, 1.165) is 78.6 Å². The minimum absolute atomic E-state index is 0.0165. The first kappa shape index (κ1) is 92.5. The van der Waals surface area contributed by atoms with E-state index < -0.39 is 7.12 Å². The molecule has 27 nitrogen and oxygen atoms in total. The van der Waals surface area contributed by atoms with Gasteiger partial charge in [-0.2, -0.15) is 15.3 Å². The minimum Gasteiger partial charge on any atom is -0.423 e. The van der Waals surface area contributed by atoms with E-state index in [1.807, 2.05) is 40.0 Å². The van der Waals surface area contributed by atoms with Gasteiger partial charge < -0.3 is 43.4 Å². The maximum absolute atomic E-state index is 14.2. The summed E-state index contributed by atoms with van der Waals surface area (Å²) in [6.07, 6.45) is 36.2. The van der Waals surface area contributed by atoms with Gasteiger partial charge >= 0.3 is 14.2 Å². The molecule has 0 aliphatic carbocycles. The monoisotopic (exact) mass is 1780 g/mol. The Kier molecular flexibility index (Phi) is 33.0. The van der Waals surface area contributed by atoms with Crippen molar-refractivity contribution >= 4 is 60.0 Å². The Labute approximate surface area is 745 Å². The molecule has 11 aromatic heterocycles. The summed E-state index contributed by atoms with van der Waals surface area (Å²) in [6, 6.07) is 39.5. The van der Waals surface area contributed by atoms with Crippen molar-refractivity contribution in [1.29, 1.82) is 0 Å². The van der Waals surface area contributed by atoms with Crippen molar-refractivity contribution in [2.45, 2.75) is 110 Å². The number of ether oxygens (including phenoxy) is 4. The molecular formula is C91H87B2Cl3F4N18O9. The van der Waals surface area contributed by atoms with Crippen LogP contribution in [-0.2, 0) is 47.9 Å². The number of aliphatic hydroxyl groups is 1. The third kappa shape index (κ3) is 26.2. The molecule has 14 heterocycles. The molecule has 36 heteroatoms. The van der Waals surface area contributed by atoms with Crippen LogP contribution in [0.4, 0.5) is 17.6 Å². The van der Waals surface area contributed by atoms with Crippen molar-refractivity contribution < 1.29 is 61.0 Å². The summed E-state index contributed by atoms with van der Waals surface area (Å²) >= 11 is 16.6. The van der Waals surface area contributed by atoms with E-state index in [-0.39, 0.29) is 66.2 Å². The van der Waals surface area contributed by atoms with Gasteiger partial charge in [-0.1, -0.05) is 83.3 Å². The largest absolute Gasteiger partial charge is 0.498 e. The second-order valence-electron chi connectivity index (χ2n) is 29.7. The normalized spacial score (nSPS) is 14.8. The van der Waals surface area contributed by atoms with E-state index in [1.54, 1.807) is 170 Å². The Morgan fingerprint density at radius 3 is 1.14 bits per heavy atom. The molecule has 3 aliphatic heterocycles. The highest BCUT2D eigenvalue weighted by Gasteiger charge is 2.52. The maximum atomic E-state index is 14.2. The van der Waals surface area contributed by atoms with Gasteiger partial charge in [-0.05, 0) is 169 Å². The van der Waals surface area contributed by atoms with Crippen LogP contribution in [0.15, 0.2) is 257 Å². The minimum atomic E-state index is -1.58. The molecule has 650 valence electrons. The fourth-order valence-corrected chi connectivity index (χ4v) is 13.4. The summed E-state index contributed by atoms with van der Waals surface area (Å²) in [5, 5.41) is 40.9. The third-order valence-corrected chi connectivity index (χ3v) is 20.7. The molecule has 0 amide bonds. The number of hydrogen-bond donors (Lipinski definition) is 3. The predicted molar refractivity (Wildman–Crippen MR) is 475 cm³/mol. The van der Waals surface area contributed by atoms with Crippen LogP contribution in [0, 0.1) is 23.3 Å². The zero-order valence-corrected chi connectivity index (χ0v) is 71.7. The average Bonchev–Trinajstić information content (AvgIpc) is 1.61. The van der Waals surface area contributed by atoms with Crippen LogP contribution >= 0.6 is 34.8 Å². The molecule has 18 rings (SSSR count). The van der Waals surface area contributed by atoms with Gasteiger partial charge in [0.1, 0.15) is 38.7 Å². The summed E-state index contributed by atoms with van der Waals surface area (Å²) in [5.74, 6) is -1.33. The lowest BCUT2D eigenvalue weighted by atomic mass is 9.80. The number of halogens is 7. The predicted octanol–water partition coefficient (Wildman–Crippen LogP) is 16.0. The zero-order chi connectivity index (χ0) is 89.1. The molecule has 2 unspecified atom stereocenters. The van der Waals surface area contributed by atoms with Crippen LogP contribution < -0.4 is 10.9 Å². The van der Waals surface area contributed by atoms with Crippen molar-refractivity contribution in [1.82, 2.24) is 89.1 Å². The Morgan fingerprint density at radius 1 is 0.409 bits per heavy atom. The number of benzene rings is 4. The van der Waals surface area contributed by atoms with Gasteiger partial charge in [0.15, 0.2) is 12.6 Å². The lowest BCUT2D eigenvalue weighted by Crippen LogP contribution is -2.41. The van der Waals surface area contributed by atoms with E-state index in [2.05, 4.69) is 97.8 Å². The van der Waals surface area contributed by atoms with Crippen molar-refractivity contribution in [3.8, 4) is 101 Å². The van der Waals surface area contributed by atoms with Crippen LogP contribution in [0.3, 0.4) is 0 Å². The molecule has 2 atom stereocenters. The molecule has 3 N–H and O–H groups in total. The Morgan fingerprint density at radius 2 is 0.764 bits per heavy atom. The fourth-order valence-electron chi connectivity index (χ4n) is 12.9. The summed E-state index contributed by atoms with van der Waals surface area (Å²) in [5.41, 5.74) is 11.6. The quantitative estimate of drug-likeness (QED) is 0.0444. The van der Waals surface area contributed by atoms with E-state index >= 15 is 0 Å². The first-order valence-corrected chi connectivity index (χ1v) is 41.7. The van der Waals surface area contributed by atoms with Crippen LogP contribution in [0.2, 0.25) is 15.5 Å². The van der Waals surface area contributed by atoms with Crippen LogP contribution in [0.25, 0.3) is 101 Å². The number of rotatable bonds is 21. The highest BCUT2D eigenvalue weighted by atomic mass is 35.5. The molecule has 0 saturated carbocycles. The summed E-state index contributed by atoms with van der Waals surface area (Å²) in [7, 11) is -1.94. The van der Waals surface area contributed by atoms with E-state index in [1.165, 1.54) is 67.6 Å². The van der Waals surface area contributed by atoms with E-state index in [9.17, 15) is 17.6 Å². The number of hydrogen-bond acceptors (Lipinski definition) is 24. The summed E-state index contributed by atoms with van der Waals surface area (Å²) in [6.45, 7) is 12.7. The topological polar surface area (TPSA) is 324 Å². The third-order valence-electron chi connectivity index (χ3n) is 20.2. The number of pyridine rings is 4. The highest BCUT2D eigenvalue weighted by Crippen LogP contribution is 2.37. The van der Waals surface area contributed by atoms with Gasteiger partial charge in [0.25, 0.3) is 0 Å². The second kappa shape index (κ2) is 45.3. The Balaban J connectivity index is 0.000000135. The smallest absolute Gasteiger partial charge is 0.423 e. The lowest BCUT2D eigenvalue weighted by molar-refractivity contribution is -0.164. The molecular weight excluding hydrogens is 1690 g/mol. The average molecular weight is 1780 g/mol. The lowest BCUT2D eigenvalue weighted by Gasteiger charge is -2.32. The number of nitrogens with zero attached hydrogens (tertiary/aromatic N) is 18. The number of aromatic nitrogens is 18. The molecule has 3 aliphatic rings. The first-order valence-electron chi connectivity index (χ1n) is 40.6. The Bertz CT molecular complexity index is 6050. The summed E-state index contributed by atoms with van der Waals surface area (Å²) in [4.78, 5) is 50.3. The molecule has 15 aromatic rings. The van der Waals surface area contributed by atoms with Crippen molar-refractivity contribution in [2.75, 3.05) is 33.0 Å². The summed E-state index contributed by atoms with van der Waals surface area (Å²) < 4.78 is 95.6. The van der Waals surface area contributed by atoms with Crippen LogP contribution in [0.1, 0.15) is 66.2 Å². The van der Waals surface area contributed by atoms with Gasteiger partial charge in [0.05, 0.1) is 164 Å². The maximum Gasteiger partial charge on any atom is 0.498 e. The Hall–Kier alpha value is -12.2. The number of aliphatic hydroxyl groups excluding tert-OH is 1. The van der Waals surface area contributed by atoms with Crippen LogP contribution in [-0.4, -0.2) is 175 Å². The zero-order valence-electron chi connectivity index (χ0n) is 69.4. The molecule has 0 bridgehead atoms. The van der Waals surface area contributed by atoms with Gasteiger partial charge in [-0.3, -0.25) is 53.9 Å². The van der Waals surface area contributed by atoms with Gasteiger partial charge in [0, 0.05) is 118 Å². The van der Waals surface area contributed by atoms with Crippen molar-refractivity contribution in [3.05, 3.63) is 296 Å². The van der Waals surface area contributed by atoms with Gasteiger partial charge in [0.2, 0.25) is 0 Å². The molecule has 0 radical (unpaired) electrons. The molecule has 4 aromatic carbocycles. The van der Waals surface area contributed by atoms with Crippen molar-refractivity contribution in [3.63, 3.8) is 0 Å². The SMILES string of the molecule is CC1(C)OB(c2cnn(CCOC3CCCCO3)c2)OC1(C)C.Clc1cncc(Cl)n1.Fc1ccccc1-c1cc(-c2cncc(-c3cnn(CCOC4CCCCO4)c3)n2)ccn1.Fc1ccccc1-c1cc(-c2cncc(Cl)n2)ccn1.OB(O)c1ccnc(-c2ccccc2F)c1.OCCn1cc(-c2cncc(-c3ccnc(-c4ccccc4F)c3)n2)cn1.